The molecule has 1 aromatic heterocycles. The van der Waals surface area contributed by atoms with Gasteiger partial charge in [-0.3, -0.25) is 0 Å². The number of carbonyl (C=O) groups excluding carboxylic acids is 1. The summed E-state index contributed by atoms with van der Waals surface area (Å²) in [6, 6.07) is 15.8. The predicted molar refractivity (Wildman–Crippen MR) is 114 cm³/mol. The van der Waals surface area contributed by atoms with E-state index < -0.39 is 5.97 Å². The van der Waals surface area contributed by atoms with Crippen molar-refractivity contribution in [2.75, 3.05) is 26.2 Å². The lowest BCUT2D eigenvalue weighted by atomic mass is 10.1. The number of hydrogen-bond acceptors (Lipinski definition) is 7. The zero-order valence-electron chi connectivity index (χ0n) is 17.0. The Balaban J connectivity index is 1.95. The summed E-state index contributed by atoms with van der Waals surface area (Å²) in [4.78, 5) is 19.5. The van der Waals surface area contributed by atoms with E-state index in [1.165, 1.54) is 18.4 Å². The first kappa shape index (κ1) is 20.7. The van der Waals surface area contributed by atoms with Crippen LogP contribution in [-0.2, 0) is 17.8 Å². The van der Waals surface area contributed by atoms with Crippen LogP contribution < -0.4 is 14.4 Å². The Kier molecular flexibility index (Phi) is 6.72. The number of carbonyl (C=O) groups is 1. The lowest BCUT2D eigenvalue weighted by Crippen LogP contribution is -2.22. The molecule has 0 aliphatic carbocycles. The minimum Gasteiger partial charge on any atom is -0.497 e. The van der Waals surface area contributed by atoms with E-state index in [1.807, 2.05) is 55.5 Å². The van der Waals surface area contributed by atoms with Crippen LogP contribution in [0.5, 0.6) is 11.5 Å². The monoisotopic (exact) mass is 412 g/mol. The van der Waals surface area contributed by atoms with Crippen molar-refractivity contribution in [1.82, 2.24) is 4.98 Å². The SMILES string of the molecule is COC(=O)c1nc(N(Cc2cccc(OC)c2)Cc2cccc(OC)c2)sc1C. The second-order valence-electron chi connectivity index (χ2n) is 6.45. The molecule has 2 aromatic carbocycles. The number of benzene rings is 2. The van der Waals surface area contributed by atoms with Gasteiger partial charge in [0.05, 0.1) is 21.3 Å². The summed E-state index contributed by atoms with van der Waals surface area (Å²) in [5.74, 6) is 1.18. The van der Waals surface area contributed by atoms with Crippen molar-refractivity contribution in [1.29, 1.82) is 0 Å². The summed E-state index contributed by atoms with van der Waals surface area (Å²) in [6.45, 7) is 3.10. The molecule has 0 spiro atoms. The molecule has 6 nitrogen and oxygen atoms in total. The molecule has 0 aliphatic rings. The van der Waals surface area contributed by atoms with Crippen LogP contribution in [0.1, 0.15) is 26.5 Å². The van der Waals surface area contributed by atoms with E-state index >= 15 is 0 Å². The van der Waals surface area contributed by atoms with E-state index in [9.17, 15) is 4.79 Å². The van der Waals surface area contributed by atoms with Crippen molar-refractivity contribution in [2.24, 2.45) is 0 Å². The fourth-order valence-electron chi connectivity index (χ4n) is 2.98. The zero-order valence-corrected chi connectivity index (χ0v) is 17.8. The minimum absolute atomic E-state index is 0.355. The number of rotatable bonds is 8. The summed E-state index contributed by atoms with van der Waals surface area (Å²) in [5, 5.41) is 0.758. The molecule has 3 aromatic rings. The van der Waals surface area contributed by atoms with Gasteiger partial charge in [-0.25, -0.2) is 9.78 Å². The van der Waals surface area contributed by atoms with Crippen molar-refractivity contribution in [3.05, 3.63) is 70.2 Å². The Hall–Kier alpha value is -3.06. The van der Waals surface area contributed by atoms with Gasteiger partial charge in [-0.05, 0) is 42.3 Å². The molecular formula is C22H24N2O4S. The number of ether oxygens (including phenoxy) is 3. The molecule has 1 heterocycles. The molecule has 0 saturated carbocycles. The van der Waals surface area contributed by atoms with Gasteiger partial charge in [0, 0.05) is 18.0 Å². The Bertz CT molecular complexity index is 937. The lowest BCUT2D eigenvalue weighted by molar-refractivity contribution is 0.0594. The van der Waals surface area contributed by atoms with Crippen molar-refractivity contribution in [3.8, 4) is 11.5 Å². The number of hydrogen-bond donors (Lipinski definition) is 0. The quantitative estimate of drug-likeness (QED) is 0.509. The third-order valence-corrected chi connectivity index (χ3v) is 5.48. The maximum Gasteiger partial charge on any atom is 0.357 e. The Morgan fingerprint density at radius 1 is 0.966 bits per heavy atom. The van der Waals surface area contributed by atoms with Crippen LogP contribution in [0.3, 0.4) is 0 Å². The fraction of sp³-hybridized carbons (Fsp3) is 0.273. The molecule has 0 aliphatic heterocycles. The summed E-state index contributed by atoms with van der Waals surface area (Å²) in [6.07, 6.45) is 0. The van der Waals surface area contributed by atoms with Gasteiger partial charge in [0.25, 0.3) is 0 Å². The van der Waals surface area contributed by atoms with Gasteiger partial charge in [0.15, 0.2) is 10.8 Å². The Morgan fingerprint density at radius 3 is 2.00 bits per heavy atom. The largest absolute Gasteiger partial charge is 0.497 e. The summed E-state index contributed by atoms with van der Waals surface area (Å²) in [7, 11) is 4.67. The molecule has 3 rings (SSSR count). The van der Waals surface area contributed by atoms with Crippen LogP contribution in [0.15, 0.2) is 48.5 Å². The first-order chi connectivity index (χ1) is 14.0. The van der Waals surface area contributed by atoms with Crippen LogP contribution in [0.2, 0.25) is 0 Å². The van der Waals surface area contributed by atoms with Gasteiger partial charge >= 0.3 is 5.97 Å². The minimum atomic E-state index is -0.423. The molecule has 29 heavy (non-hydrogen) atoms. The number of nitrogens with zero attached hydrogens (tertiary/aromatic N) is 2. The van der Waals surface area contributed by atoms with Crippen LogP contribution in [0.4, 0.5) is 5.13 Å². The topological polar surface area (TPSA) is 60.9 Å². The molecule has 0 radical (unpaired) electrons. The number of aromatic nitrogens is 1. The number of aryl methyl sites for hydroxylation is 1. The van der Waals surface area contributed by atoms with Crippen molar-refractivity contribution >= 4 is 22.4 Å². The van der Waals surface area contributed by atoms with Gasteiger partial charge in [-0.1, -0.05) is 24.3 Å². The molecule has 7 heteroatoms. The molecule has 0 unspecified atom stereocenters. The van der Waals surface area contributed by atoms with E-state index in [4.69, 9.17) is 14.2 Å². The molecule has 0 amide bonds. The third-order valence-electron chi connectivity index (χ3n) is 4.45. The Labute approximate surface area is 174 Å². The predicted octanol–water partition coefficient (Wildman–Crippen LogP) is 4.46. The molecule has 0 bridgehead atoms. The molecule has 0 atom stereocenters. The van der Waals surface area contributed by atoms with Gasteiger partial charge < -0.3 is 19.1 Å². The summed E-state index contributed by atoms with van der Waals surface area (Å²) in [5.41, 5.74) is 2.52. The molecule has 0 saturated heterocycles. The molecule has 152 valence electrons. The average Bonchev–Trinajstić information content (AvgIpc) is 3.14. The van der Waals surface area contributed by atoms with Crippen LogP contribution >= 0.6 is 11.3 Å². The van der Waals surface area contributed by atoms with Gasteiger partial charge in [-0.15, -0.1) is 11.3 Å². The van der Waals surface area contributed by atoms with Crippen LogP contribution in [0.25, 0.3) is 0 Å². The standard InChI is InChI=1S/C22H24N2O4S/c1-15-20(21(25)28-4)23-22(29-15)24(13-16-7-5-9-18(11-16)26-2)14-17-8-6-10-19(12-17)27-3/h5-12H,13-14H2,1-4H3. The van der Waals surface area contributed by atoms with Gasteiger partial charge in [0.1, 0.15) is 11.5 Å². The number of esters is 1. The second-order valence-corrected chi connectivity index (χ2v) is 7.63. The third kappa shape index (κ3) is 5.06. The zero-order chi connectivity index (χ0) is 20.8. The van der Waals surface area contributed by atoms with Crippen LogP contribution in [-0.4, -0.2) is 32.3 Å². The van der Waals surface area contributed by atoms with E-state index in [1.54, 1.807) is 14.2 Å². The maximum absolute atomic E-state index is 12.0. The smallest absolute Gasteiger partial charge is 0.357 e. The number of thiazole rings is 1. The first-order valence-corrected chi connectivity index (χ1v) is 9.92. The summed E-state index contributed by atoms with van der Waals surface area (Å²) < 4.78 is 15.6. The highest BCUT2D eigenvalue weighted by atomic mass is 32.1. The lowest BCUT2D eigenvalue weighted by Gasteiger charge is -2.22. The average molecular weight is 413 g/mol. The van der Waals surface area contributed by atoms with E-state index in [-0.39, 0.29) is 0 Å². The second kappa shape index (κ2) is 9.43. The molecule has 0 N–H and O–H groups in total. The van der Waals surface area contributed by atoms with Crippen molar-refractivity contribution in [3.63, 3.8) is 0 Å². The van der Waals surface area contributed by atoms with Gasteiger partial charge in [0.2, 0.25) is 0 Å². The normalized spacial score (nSPS) is 10.5. The van der Waals surface area contributed by atoms with E-state index in [0.29, 0.717) is 18.8 Å². The highest BCUT2D eigenvalue weighted by Crippen LogP contribution is 2.30. The number of anilines is 1. The maximum atomic E-state index is 12.0. The molecular weight excluding hydrogens is 388 g/mol. The Morgan fingerprint density at radius 2 is 1.52 bits per heavy atom. The van der Waals surface area contributed by atoms with Gasteiger partial charge in [-0.2, -0.15) is 0 Å². The van der Waals surface area contributed by atoms with Crippen LogP contribution in [0, 0.1) is 6.92 Å². The molecule has 0 fully saturated rings. The highest BCUT2D eigenvalue weighted by molar-refractivity contribution is 7.15. The fourth-order valence-corrected chi connectivity index (χ4v) is 3.87. The van der Waals surface area contributed by atoms with E-state index in [0.717, 1.165) is 32.6 Å². The highest BCUT2D eigenvalue weighted by Gasteiger charge is 2.20. The first-order valence-electron chi connectivity index (χ1n) is 9.10. The number of methoxy groups -OCH3 is 3. The van der Waals surface area contributed by atoms with E-state index in [2.05, 4.69) is 9.88 Å². The summed E-state index contributed by atoms with van der Waals surface area (Å²) >= 11 is 1.48. The van der Waals surface area contributed by atoms with Crippen molar-refractivity contribution in [2.45, 2.75) is 20.0 Å². The van der Waals surface area contributed by atoms with Crippen molar-refractivity contribution < 1.29 is 19.0 Å².